The Morgan fingerprint density at radius 1 is 1.12 bits per heavy atom. The number of carboxylic acids is 1. The van der Waals surface area contributed by atoms with Gasteiger partial charge in [-0.25, -0.2) is 5.43 Å². The predicted molar refractivity (Wildman–Crippen MR) is 91.6 cm³/mol. The number of para-hydroxylation sites is 1. The Morgan fingerprint density at radius 2 is 1.85 bits per heavy atom. The Kier molecular flexibility index (Phi) is 6.55. The van der Waals surface area contributed by atoms with Crippen LogP contribution in [0.3, 0.4) is 0 Å². The fourth-order valence-corrected chi connectivity index (χ4v) is 2.13. The highest BCUT2D eigenvalue weighted by atomic mass is 16.5. The molecule has 0 heterocycles. The molecule has 2 rings (SSSR count). The molecule has 0 aliphatic carbocycles. The molecule has 26 heavy (non-hydrogen) atoms. The Bertz CT molecular complexity index is 805. The van der Waals surface area contributed by atoms with Crippen LogP contribution in [0, 0.1) is 0 Å². The summed E-state index contributed by atoms with van der Waals surface area (Å²) >= 11 is 0. The number of nitrogens with zero attached hydrogens (tertiary/aromatic N) is 1. The van der Waals surface area contributed by atoms with E-state index in [9.17, 15) is 14.7 Å². The molecule has 0 bridgehead atoms. The van der Waals surface area contributed by atoms with Crippen LogP contribution in [-0.2, 0) is 4.79 Å². The maximum absolute atomic E-state index is 11.7. The normalized spacial score (nSPS) is 10.4. The van der Waals surface area contributed by atoms with Crippen molar-refractivity contribution < 1.29 is 28.9 Å². The van der Waals surface area contributed by atoms with E-state index in [0.717, 1.165) is 0 Å². The number of ether oxygens (including phenoxy) is 3. The summed E-state index contributed by atoms with van der Waals surface area (Å²) in [6.07, 6.45) is 1.17. The number of amides is 1. The first-order valence-corrected chi connectivity index (χ1v) is 7.53. The van der Waals surface area contributed by atoms with E-state index >= 15 is 0 Å². The number of hydrogen-bond donors (Lipinski definition) is 1. The van der Waals surface area contributed by atoms with Crippen molar-refractivity contribution in [3.8, 4) is 17.2 Å². The number of hydrazone groups is 1. The number of rotatable bonds is 8. The molecule has 0 fully saturated rings. The van der Waals surface area contributed by atoms with E-state index < -0.39 is 11.9 Å². The van der Waals surface area contributed by atoms with Gasteiger partial charge in [-0.15, -0.1) is 0 Å². The van der Waals surface area contributed by atoms with E-state index in [-0.39, 0.29) is 29.2 Å². The van der Waals surface area contributed by atoms with Gasteiger partial charge in [-0.05, 0) is 24.3 Å². The Hall–Kier alpha value is -3.55. The van der Waals surface area contributed by atoms with Gasteiger partial charge in [0.2, 0.25) is 0 Å². The lowest BCUT2D eigenvalue weighted by molar-refractivity contribution is -0.255. The first-order chi connectivity index (χ1) is 12.6. The fraction of sp³-hybridized carbons (Fsp3) is 0.167. The first-order valence-electron chi connectivity index (χ1n) is 7.53. The number of methoxy groups -OCH3 is 2. The molecule has 0 saturated heterocycles. The van der Waals surface area contributed by atoms with Gasteiger partial charge in [-0.1, -0.05) is 18.2 Å². The van der Waals surface area contributed by atoms with Crippen molar-refractivity contribution in [3.63, 3.8) is 0 Å². The lowest BCUT2D eigenvalue weighted by Crippen LogP contribution is -2.26. The Labute approximate surface area is 150 Å². The van der Waals surface area contributed by atoms with Crippen LogP contribution in [0.15, 0.2) is 47.6 Å². The fourth-order valence-electron chi connectivity index (χ4n) is 2.13. The van der Waals surface area contributed by atoms with Crippen LogP contribution in [0.25, 0.3) is 0 Å². The van der Waals surface area contributed by atoms with Crippen molar-refractivity contribution in [1.82, 2.24) is 5.43 Å². The van der Waals surface area contributed by atoms with Gasteiger partial charge in [0, 0.05) is 5.56 Å². The number of benzene rings is 2. The quantitative estimate of drug-likeness (QED) is 0.547. The summed E-state index contributed by atoms with van der Waals surface area (Å²) in [4.78, 5) is 23.1. The summed E-state index contributed by atoms with van der Waals surface area (Å²) in [5, 5.41) is 15.1. The largest absolute Gasteiger partial charge is 0.545 e. The van der Waals surface area contributed by atoms with Gasteiger partial charge in [0.05, 0.1) is 32.0 Å². The number of aromatic carboxylic acids is 1. The molecule has 2 aromatic rings. The molecule has 0 aliphatic heterocycles. The van der Waals surface area contributed by atoms with E-state index in [4.69, 9.17) is 14.2 Å². The molecule has 0 unspecified atom stereocenters. The van der Waals surface area contributed by atoms with Gasteiger partial charge in [0.1, 0.15) is 5.75 Å². The number of nitrogens with one attached hydrogen (secondary N) is 1. The maximum Gasteiger partial charge on any atom is 0.277 e. The van der Waals surface area contributed by atoms with Crippen molar-refractivity contribution >= 4 is 18.1 Å². The monoisotopic (exact) mass is 357 g/mol. The molecule has 136 valence electrons. The molecule has 1 amide bonds. The summed E-state index contributed by atoms with van der Waals surface area (Å²) in [5.41, 5.74) is 2.21. The smallest absolute Gasteiger partial charge is 0.277 e. The van der Waals surface area contributed by atoms with Gasteiger partial charge >= 0.3 is 0 Å². The van der Waals surface area contributed by atoms with Crippen molar-refractivity contribution in [2.75, 3.05) is 20.8 Å². The van der Waals surface area contributed by atoms with Crippen LogP contribution >= 0.6 is 0 Å². The summed E-state index contributed by atoms with van der Waals surface area (Å²) in [6.45, 7) is -0.235. The first kappa shape index (κ1) is 18.8. The summed E-state index contributed by atoms with van der Waals surface area (Å²) in [6, 6.07) is 11.8. The summed E-state index contributed by atoms with van der Waals surface area (Å²) < 4.78 is 15.4. The second-order valence-corrected chi connectivity index (χ2v) is 4.95. The van der Waals surface area contributed by atoms with Crippen LogP contribution in [0.4, 0.5) is 0 Å². The van der Waals surface area contributed by atoms with Gasteiger partial charge in [-0.3, -0.25) is 4.79 Å². The minimum atomic E-state index is -1.46. The number of carboxylic acid groups (broad SMARTS) is 1. The average Bonchev–Trinajstić information content (AvgIpc) is 2.66. The highest BCUT2D eigenvalue weighted by molar-refractivity contribution is 6.01. The minimum absolute atomic E-state index is 0.00943. The van der Waals surface area contributed by atoms with Crippen LogP contribution < -0.4 is 24.7 Å². The molecule has 0 atom stereocenters. The van der Waals surface area contributed by atoms with Crippen LogP contribution in [-0.4, -0.2) is 38.9 Å². The molecule has 8 heteroatoms. The molecule has 2 aromatic carbocycles. The third kappa shape index (κ3) is 4.73. The Morgan fingerprint density at radius 3 is 2.46 bits per heavy atom. The number of carbonyl (C=O) groups excluding carboxylic acids is 2. The molecule has 1 N–H and O–H groups in total. The third-order valence-electron chi connectivity index (χ3n) is 3.29. The van der Waals surface area contributed by atoms with Crippen LogP contribution in [0.2, 0.25) is 0 Å². The van der Waals surface area contributed by atoms with Gasteiger partial charge in [-0.2, -0.15) is 5.10 Å². The predicted octanol–water partition coefficient (Wildman–Crippen LogP) is 0.596. The van der Waals surface area contributed by atoms with Gasteiger partial charge < -0.3 is 24.1 Å². The summed E-state index contributed by atoms with van der Waals surface area (Å²) in [5.74, 6) is -1.16. The molecular weight excluding hydrogens is 340 g/mol. The lowest BCUT2D eigenvalue weighted by atomic mass is 10.1. The van der Waals surface area contributed by atoms with Crippen molar-refractivity contribution in [3.05, 3.63) is 53.6 Å². The Balaban J connectivity index is 2.05. The zero-order chi connectivity index (χ0) is 18.9. The zero-order valence-corrected chi connectivity index (χ0v) is 14.2. The highest BCUT2D eigenvalue weighted by Gasteiger charge is 2.15. The van der Waals surface area contributed by atoms with Gasteiger partial charge in [0.15, 0.2) is 18.1 Å². The van der Waals surface area contributed by atoms with Crippen molar-refractivity contribution in [1.29, 1.82) is 0 Å². The standard InChI is InChI=1S/C18H18N2O6/c1-24-14-9-8-12(16(18(22)23)17(14)25-2)10-19-20-15(21)11-26-13-6-4-3-5-7-13/h3-10H,11H2,1-2H3,(H,20,21)(H,22,23)/p-1/b19-10-. The lowest BCUT2D eigenvalue weighted by Gasteiger charge is -2.15. The molecule has 0 aliphatic rings. The second kappa shape index (κ2) is 9.07. The topological polar surface area (TPSA) is 109 Å². The maximum atomic E-state index is 11.7. The summed E-state index contributed by atoms with van der Waals surface area (Å²) in [7, 11) is 2.70. The minimum Gasteiger partial charge on any atom is -0.545 e. The molecular formula is C18H17N2O6-. The van der Waals surface area contributed by atoms with Gasteiger partial charge in [0.25, 0.3) is 5.91 Å². The van der Waals surface area contributed by atoms with E-state index in [2.05, 4.69) is 10.5 Å². The van der Waals surface area contributed by atoms with Crippen LogP contribution in [0.1, 0.15) is 15.9 Å². The van der Waals surface area contributed by atoms with E-state index in [1.807, 2.05) is 6.07 Å². The van der Waals surface area contributed by atoms with E-state index in [1.54, 1.807) is 24.3 Å². The SMILES string of the molecule is COc1ccc(/C=N\NC(=O)COc2ccccc2)c(C(=O)[O-])c1OC. The molecule has 0 radical (unpaired) electrons. The highest BCUT2D eigenvalue weighted by Crippen LogP contribution is 2.32. The third-order valence-corrected chi connectivity index (χ3v) is 3.29. The van der Waals surface area contributed by atoms with Crippen LogP contribution in [0.5, 0.6) is 17.2 Å². The zero-order valence-electron chi connectivity index (χ0n) is 14.2. The molecule has 8 nitrogen and oxygen atoms in total. The number of carbonyl (C=O) groups is 2. The molecule has 0 spiro atoms. The molecule has 0 aromatic heterocycles. The van der Waals surface area contributed by atoms with E-state index in [0.29, 0.717) is 5.75 Å². The second-order valence-electron chi connectivity index (χ2n) is 4.95. The number of hydrogen-bond acceptors (Lipinski definition) is 7. The van der Waals surface area contributed by atoms with E-state index in [1.165, 1.54) is 32.6 Å². The van der Waals surface area contributed by atoms with Crippen molar-refractivity contribution in [2.45, 2.75) is 0 Å². The van der Waals surface area contributed by atoms with Crippen molar-refractivity contribution in [2.24, 2.45) is 5.10 Å². The average molecular weight is 357 g/mol. The molecule has 0 saturated carbocycles.